The minimum atomic E-state index is 0. The predicted molar refractivity (Wildman–Crippen MR) is 107 cm³/mol. The highest BCUT2D eigenvalue weighted by atomic mass is 35.5. The van der Waals surface area contributed by atoms with Crippen molar-refractivity contribution in [1.82, 2.24) is 25.2 Å². The summed E-state index contributed by atoms with van der Waals surface area (Å²) in [6, 6.07) is 14.2. The molecule has 1 amide bonds. The first kappa shape index (κ1) is 19.3. The number of carbonyl (C=O) groups is 1. The van der Waals surface area contributed by atoms with Crippen LogP contribution in [-0.4, -0.2) is 33.6 Å². The van der Waals surface area contributed by atoms with Crippen molar-refractivity contribution < 1.29 is 4.79 Å². The van der Waals surface area contributed by atoms with Gasteiger partial charge in [0.2, 0.25) is 5.91 Å². The number of nitrogens with one attached hydrogen (secondary N) is 2. The van der Waals surface area contributed by atoms with E-state index >= 15 is 0 Å². The first-order chi connectivity index (χ1) is 12.8. The number of rotatable bonds is 6. The largest absolute Gasteiger partial charge is 0.350 e. The van der Waals surface area contributed by atoms with E-state index in [9.17, 15) is 4.79 Å². The SMILES string of the molecule is Cl.O=C(Cc1ccc(CC2CCNC2)cc1)NCc1cccc2ncnn12. The molecule has 7 heteroatoms. The van der Waals surface area contributed by atoms with Crippen LogP contribution in [0.3, 0.4) is 0 Å². The van der Waals surface area contributed by atoms with Crippen molar-refractivity contribution >= 4 is 24.0 Å². The molecule has 1 fully saturated rings. The average molecular weight is 386 g/mol. The fraction of sp³-hybridized carbons (Fsp3) is 0.350. The number of halogens is 1. The van der Waals surface area contributed by atoms with Crippen LogP contribution in [0.2, 0.25) is 0 Å². The Morgan fingerprint density at radius 3 is 2.78 bits per heavy atom. The first-order valence-corrected chi connectivity index (χ1v) is 9.11. The highest BCUT2D eigenvalue weighted by molar-refractivity contribution is 5.85. The van der Waals surface area contributed by atoms with Crippen LogP contribution in [0.15, 0.2) is 48.8 Å². The van der Waals surface area contributed by atoms with Gasteiger partial charge < -0.3 is 10.6 Å². The second-order valence-electron chi connectivity index (χ2n) is 6.88. The number of nitrogens with zero attached hydrogens (tertiary/aromatic N) is 3. The van der Waals surface area contributed by atoms with Crippen molar-refractivity contribution in [1.29, 1.82) is 0 Å². The molecule has 2 N–H and O–H groups in total. The summed E-state index contributed by atoms with van der Waals surface area (Å²) in [6.07, 6.45) is 4.27. The lowest BCUT2D eigenvalue weighted by atomic mass is 9.97. The lowest BCUT2D eigenvalue weighted by Gasteiger charge is -2.10. The van der Waals surface area contributed by atoms with Crippen molar-refractivity contribution in [3.05, 3.63) is 65.6 Å². The van der Waals surface area contributed by atoms with Gasteiger partial charge in [0.1, 0.15) is 6.33 Å². The number of hydrogen-bond donors (Lipinski definition) is 2. The third-order valence-corrected chi connectivity index (χ3v) is 4.92. The average Bonchev–Trinajstić information content (AvgIpc) is 3.33. The molecule has 0 spiro atoms. The maximum atomic E-state index is 12.3. The van der Waals surface area contributed by atoms with E-state index in [1.54, 1.807) is 4.52 Å². The van der Waals surface area contributed by atoms with Crippen molar-refractivity contribution in [2.45, 2.75) is 25.8 Å². The molecule has 1 unspecified atom stereocenters. The van der Waals surface area contributed by atoms with Gasteiger partial charge in [0.05, 0.1) is 18.7 Å². The molecule has 1 atom stereocenters. The van der Waals surface area contributed by atoms with E-state index in [2.05, 4.69) is 45.0 Å². The zero-order valence-corrected chi connectivity index (χ0v) is 15.9. The second kappa shape index (κ2) is 8.97. The van der Waals surface area contributed by atoms with E-state index < -0.39 is 0 Å². The number of fused-ring (bicyclic) bond motifs is 1. The zero-order chi connectivity index (χ0) is 17.8. The molecule has 2 aromatic heterocycles. The van der Waals surface area contributed by atoms with Gasteiger partial charge in [-0.15, -0.1) is 12.4 Å². The van der Waals surface area contributed by atoms with Gasteiger partial charge in [-0.2, -0.15) is 5.10 Å². The lowest BCUT2D eigenvalue weighted by Crippen LogP contribution is -2.25. The van der Waals surface area contributed by atoms with E-state index in [0.717, 1.165) is 42.3 Å². The molecule has 1 aromatic carbocycles. The zero-order valence-electron chi connectivity index (χ0n) is 15.1. The van der Waals surface area contributed by atoms with Crippen LogP contribution in [-0.2, 0) is 24.2 Å². The molecule has 1 aliphatic rings. The summed E-state index contributed by atoms with van der Waals surface area (Å²) < 4.78 is 1.74. The van der Waals surface area contributed by atoms with E-state index in [-0.39, 0.29) is 18.3 Å². The molecule has 3 aromatic rings. The summed E-state index contributed by atoms with van der Waals surface area (Å²) in [5, 5.41) is 10.6. The Kier molecular flexibility index (Phi) is 6.42. The Morgan fingerprint density at radius 1 is 1.19 bits per heavy atom. The number of carbonyl (C=O) groups excluding carboxylic acids is 1. The Morgan fingerprint density at radius 2 is 2.00 bits per heavy atom. The minimum Gasteiger partial charge on any atom is -0.350 e. The molecule has 1 saturated heterocycles. The Balaban J connectivity index is 0.00000210. The predicted octanol–water partition coefficient (Wildman–Crippen LogP) is 2.16. The second-order valence-corrected chi connectivity index (χ2v) is 6.88. The number of pyridine rings is 1. The standard InChI is InChI=1S/C20H23N5O.ClH/c26-20(22-13-18-2-1-3-19-23-14-24-25(18)19)11-16-6-4-15(5-7-16)10-17-8-9-21-12-17;/h1-7,14,17,21H,8-13H2,(H,22,26);1H. The number of benzene rings is 1. The maximum Gasteiger partial charge on any atom is 0.224 e. The molecule has 6 nitrogen and oxygen atoms in total. The van der Waals surface area contributed by atoms with Crippen molar-refractivity contribution in [2.24, 2.45) is 5.92 Å². The van der Waals surface area contributed by atoms with Crippen LogP contribution in [0, 0.1) is 5.92 Å². The van der Waals surface area contributed by atoms with E-state index in [4.69, 9.17) is 0 Å². The van der Waals surface area contributed by atoms with Gasteiger partial charge >= 0.3 is 0 Å². The Hall–Kier alpha value is -2.44. The molecular formula is C20H24ClN5O. The van der Waals surface area contributed by atoms with Crippen LogP contribution < -0.4 is 10.6 Å². The molecular weight excluding hydrogens is 362 g/mol. The van der Waals surface area contributed by atoms with Crippen LogP contribution in [0.1, 0.15) is 23.2 Å². The van der Waals surface area contributed by atoms with Crippen molar-refractivity contribution in [3.8, 4) is 0 Å². The first-order valence-electron chi connectivity index (χ1n) is 9.11. The summed E-state index contributed by atoms with van der Waals surface area (Å²) >= 11 is 0. The molecule has 142 valence electrons. The van der Waals surface area contributed by atoms with Gasteiger partial charge in [-0.05, 0) is 55.1 Å². The fourth-order valence-electron chi connectivity index (χ4n) is 3.49. The fourth-order valence-corrected chi connectivity index (χ4v) is 3.49. The summed E-state index contributed by atoms with van der Waals surface area (Å²) in [5.41, 5.74) is 4.08. The minimum absolute atomic E-state index is 0. The molecule has 0 radical (unpaired) electrons. The monoisotopic (exact) mass is 385 g/mol. The van der Waals surface area contributed by atoms with Gasteiger partial charge in [-0.25, -0.2) is 9.50 Å². The number of aromatic nitrogens is 3. The molecule has 4 rings (SSSR count). The van der Waals surface area contributed by atoms with Crippen molar-refractivity contribution in [2.75, 3.05) is 13.1 Å². The van der Waals surface area contributed by atoms with Crippen LogP contribution in [0.25, 0.3) is 5.65 Å². The van der Waals surface area contributed by atoms with Crippen molar-refractivity contribution in [3.63, 3.8) is 0 Å². The van der Waals surface area contributed by atoms with Crippen LogP contribution >= 0.6 is 12.4 Å². The third-order valence-electron chi connectivity index (χ3n) is 4.92. The third kappa shape index (κ3) is 4.84. The smallest absolute Gasteiger partial charge is 0.224 e. The lowest BCUT2D eigenvalue weighted by molar-refractivity contribution is -0.120. The molecule has 3 heterocycles. The normalized spacial score (nSPS) is 16.2. The van der Waals surface area contributed by atoms with Gasteiger partial charge in [0.25, 0.3) is 0 Å². The van der Waals surface area contributed by atoms with Crippen LogP contribution in [0.4, 0.5) is 0 Å². The highest BCUT2D eigenvalue weighted by Crippen LogP contribution is 2.16. The molecule has 0 bridgehead atoms. The Labute approximate surface area is 164 Å². The summed E-state index contributed by atoms with van der Waals surface area (Å²) in [5.74, 6) is 0.749. The molecule has 27 heavy (non-hydrogen) atoms. The molecule has 0 saturated carbocycles. The van der Waals surface area contributed by atoms with E-state index in [1.807, 2.05) is 18.2 Å². The number of hydrogen-bond acceptors (Lipinski definition) is 4. The highest BCUT2D eigenvalue weighted by Gasteiger charge is 2.14. The molecule has 0 aliphatic carbocycles. The quantitative estimate of drug-likeness (QED) is 0.682. The van der Waals surface area contributed by atoms with Gasteiger partial charge in [-0.3, -0.25) is 4.79 Å². The summed E-state index contributed by atoms with van der Waals surface area (Å²) in [6.45, 7) is 2.68. The van der Waals surface area contributed by atoms with Crippen LogP contribution in [0.5, 0.6) is 0 Å². The maximum absolute atomic E-state index is 12.3. The molecule has 1 aliphatic heterocycles. The van der Waals surface area contributed by atoms with Gasteiger partial charge in [-0.1, -0.05) is 30.3 Å². The topological polar surface area (TPSA) is 71.3 Å². The summed E-state index contributed by atoms with van der Waals surface area (Å²) in [4.78, 5) is 16.4. The van der Waals surface area contributed by atoms with Gasteiger partial charge in [0.15, 0.2) is 5.65 Å². The Bertz CT molecular complexity index is 887. The van der Waals surface area contributed by atoms with Gasteiger partial charge in [0, 0.05) is 0 Å². The van der Waals surface area contributed by atoms with E-state index in [1.165, 1.54) is 18.3 Å². The number of amides is 1. The van der Waals surface area contributed by atoms with E-state index in [0.29, 0.717) is 13.0 Å². The summed E-state index contributed by atoms with van der Waals surface area (Å²) in [7, 11) is 0.